The summed E-state index contributed by atoms with van der Waals surface area (Å²) in [5.41, 5.74) is 2.34. The number of halogens is 2. The van der Waals surface area contributed by atoms with E-state index in [1.54, 1.807) is 18.4 Å². The zero-order valence-corrected chi connectivity index (χ0v) is 18.5. The van der Waals surface area contributed by atoms with Gasteiger partial charge >= 0.3 is 0 Å². The van der Waals surface area contributed by atoms with Crippen LogP contribution in [0.3, 0.4) is 0 Å². The largest absolute Gasteiger partial charge is 0.350 e. The van der Waals surface area contributed by atoms with Crippen molar-refractivity contribution in [3.8, 4) is 0 Å². The molecule has 2 rings (SSSR count). The predicted octanol–water partition coefficient (Wildman–Crippen LogP) is 4.35. The number of hydrogen-bond donors (Lipinski definition) is 1. The highest BCUT2D eigenvalue weighted by Gasteiger charge is 2.10. The highest BCUT2D eigenvalue weighted by molar-refractivity contribution is 14.0. The number of aryl methyl sites for hydroxylation is 2. The minimum atomic E-state index is 0. The van der Waals surface area contributed by atoms with Crippen LogP contribution in [0.2, 0.25) is 0 Å². The lowest BCUT2D eigenvalue weighted by atomic mass is 10.2. The molecule has 1 heterocycles. The van der Waals surface area contributed by atoms with E-state index < -0.39 is 0 Å². The number of aromatic nitrogens is 1. The molecule has 0 bridgehead atoms. The summed E-state index contributed by atoms with van der Waals surface area (Å²) in [5, 5.41) is 4.46. The highest BCUT2D eigenvalue weighted by atomic mass is 127. The van der Waals surface area contributed by atoms with Crippen LogP contribution in [0.15, 0.2) is 33.7 Å². The SMILES string of the molecule is CN=C(NCc1nc(C)c(C)s1)N(C)Cc1ccccc1Br.I. The summed E-state index contributed by atoms with van der Waals surface area (Å²) in [4.78, 5) is 12.3. The van der Waals surface area contributed by atoms with E-state index in [1.807, 2.05) is 26.1 Å². The average Bonchev–Trinajstić information content (AvgIpc) is 2.81. The van der Waals surface area contributed by atoms with Crippen molar-refractivity contribution in [3.05, 3.63) is 49.9 Å². The van der Waals surface area contributed by atoms with Gasteiger partial charge < -0.3 is 10.2 Å². The van der Waals surface area contributed by atoms with Gasteiger partial charge in [0.05, 0.1) is 12.2 Å². The second kappa shape index (κ2) is 9.58. The maximum atomic E-state index is 4.55. The standard InChI is InChI=1S/C16H21BrN4S.HI/c1-11-12(2)22-15(20-11)9-19-16(18-3)21(4)10-13-7-5-6-8-14(13)17;/h5-8H,9-10H2,1-4H3,(H,18,19);1H. The molecule has 0 saturated carbocycles. The second-order valence-corrected chi connectivity index (χ2v) is 7.24. The van der Waals surface area contributed by atoms with Gasteiger partial charge in [0.2, 0.25) is 0 Å². The maximum Gasteiger partial charge on any atom is 0.194 e. The van der Waals surface area contributed by atoms with Crippen molar-refractivity contribution in [2.24, 2.45) is 4.99 Å². The molecule has 0 aliphatic rings. The van der Waals surface area contributed by atoms with Gasteiger partial charge in [-0.2, -0.15) is 0 Å². The van der Waals surface area contributed by atoms with Gasteiger partial charge in [0.15, 0.2) is 5.96 Å². The third kappa shape index (κ3) is 5.72. The molecule has 126 valence electrons. The van der Waals surface area contributed by atoms with Crippen LogP contribution in [0.25, 0.3) is 0 Å². The minimum absolute atomic E-state index is 0. The number of guanidine groups is 1. The Morgan fingerprint density at radius 1 is 1.35 bits per heavy atom. The molecule has 7 heteroatoms. The Morgan fingerprint density at radius 3 is 2.61 bits per heavy atom. The first-order valence-electron chi connectivity index (χ1n) is 7.09. The Balaban J connectivity index is 0.00000264. The lowest BCUT2D eigenvalue weighted by Crippen LogP contribution is -2.38. The molecular formula is C16H22BrIN4S. The molecular weight excluding hydrogens is 487 g/mol. The van der Waals surface area contributed by atoms with Gasteiger partial charge in [-0.05, 0) is 25.5 Å². The Hall–Kier alpha value is -0.670. The van der Waals surface area contributed by atoms with Crippen molar-refractivity contribution in [2.45, 2.75) is 26.9 Å². The third-order valence-corrected chi connectivity index (χ3v) is 5.26. The lowest BCUT2D eigenvalue weighted by Gasteiger charge is -2.22. The van der Waals surface area contributed by atoms with E-state index in [1.165, 1.54) is 10.4 Å². The molecule has 1 N–H and O–H groups in total. The highest BCUT2D eigenvalue weighted by Crippen LogP contribution is 2.18. The predicted molar refractivity (Wildman–Crippen MR) is 113 cm³/mol. The van der Waals surface area contributed by atoms with Crippen molar-refractivity contribution >= 4 is 57.2 Å². The molecule has 0 aliphatic heterocycles. The normalized spacial score (nSPS) is 11.1. The number of nitrogens with zero attached hydrogens (tertiary/aromatic N) is 3. The van der Waals surface area contributed by atoms with E-state index in [4.69, 9.17) is 0 Å². The molecule has 0 atom stereocenters. The van der Waals surface area contributed by atoms with Crippen LogP contribution in [0.4, 0.5) is 0 Å². The molecule has 0 unspecified atom stereocenters. The zero-order chi connectivity index (χ0) is 16.1. The van der Waals surface area contributed by atoms with E-state index in [9.17, 15) is 0 Å². The van der Waals surface area contributed by atoms with E-state index in [-0.39, 0.29) is 24.0 Å². The summed E-state index contributed by atoms with van der Waals surface area (Å²) in [6.45, 7) is 5.64. The summed E-state index contributed by atoms with van der Waals surface area (Å²) in [6.07, 6.45) is 0. The quantitative estimate of drug-likeness (QED) is 0.379. The van der Waals surface area contributed by atoms with E-state index in [0.29, 0.717) is 6.54 Å². The molecule has 0 amide bonds. The Labute approximate surface area is 167 Å². The lowest BCUT2D eigenvalue weighted by molar-refractivity contribution is 0.475. The molecule has 0 radical (unpaired) electrons. The van der Waals surface area contributed by atoms with E-state index >= 15 is 0 Å². The van der Waals surface area contributed by atoms with E-state index in [0.717, 1.165) is 27.7 Å². The third-order valence-electron chi connectivity index (χ3n) is 3.41. The maximum absolute atomic E-state index is 4.55. The van der Waals surface area contributed by atoms with Crippen LogP contribution >= 0.6 is 51.2 Å². The smallest absolute Gasteiger partial charge is 0.194 e. The van der Waals surface area contributed by atoms with Crippen LogP contribution in [0.5, 0.6) is 0 Å². The van der Waals surface area contributed by atoms with Gasteiger partial charge in [0, 0.05) is 30.0 Å². The van der Waals surface area contributed by atoms with Gasteiger partial charge in [-0.1, -0.05) is 34.1 Å². The Bertz CT molecular complexity index is 652. The van der Waals surface area contributed by atoms with Crippen LogP contribution < -0.4 is 5.32 Å². The fourth-order valence-electron chi connectivity index (χ4n) is 2.11. The number of nitrogens with one attached hydrogen (secondary N) is 1. The van der Waals surface area contributed by atoms with Crippen molar-refractivity contribution in [1.82, 2.24) is 15.2 Å². The molecule has 2 aromatic rings. The van der Waals surface area contributed by atoms with Gasteiger partial charge in [0.1, 0.15) is 5.01 Å². The molecule has 23 heavy (non-hydrogen) atoms. The molecule has 1 aromatic carbocycles. The number of thiazole rings is 1. The molecule has 1 aromatic heterocycles. The second-order valence-electron chi connectivity index (χ2n) is 5.10. The number of hydrogen-bond acceptors (Lipinski definition) is 3. The van der Waals surface area contributed by atoms with Crippen molar-refractivity contribution in [3.63, 3.8) is 0 Å². The number of benzene rings is 1. The summed E-state index contributed by atoms with van der Waals surface area (Å²) >= 11 is 5.32. The fraction of sp³-hybridized carbons (Fsp3) is 0.375. The zero-order valence-electron chi connectivity index (χ0n) is 13.8. The van der Waals surface area contributed by atoms with Crippen molar-refractivity contribution in [1.29, 1.82) is 0 Å². The van der Waals surface area contributed by atoms with E-state index in [2.05, 4.69) is 55.2 Å². The fourth-order valence-corrected chi connectivity index (χ4v) is 3.40. The van der Waals surface area contributed by atoms with Crippen LogP contribution in [0, 0.1) is 13.8 Å². The molecule has 4 nitrogen and oxygen atoms in total. The van der Waals surface area contributed by atoms with Gasteiger partial charge in [-0.3, -0.25) is 4.99 Å². The minimum Gasteiger partial charge on any atom is -0.350 e. The number of rotatable bonds is 4. The van der Waals surface area contributed by atoms with Crippen LogP contribution in [-0.4, -0.2) is 29.9 Å². The van der Waals surface area contributed by atoms with Crippen LogP contribution in [0.1, 0.15) is 21.1 Å². The van der Waals surface area contributed by atoms with Crippen molar-refractivity contribution in [2.75, 3.05) is 14.1 Å². The summed E-state index contributed by atoms with van der Waals surface area (Å²) in [5.74, 6) is 0.862. The molecule has 0 saturated heterocycles. The topological polar surface area (TPSA) is 40.5 Å². The first-order valence-corrected chi connectivity index (χ1v) is 8.70. The van der Waals surface area contributed by atoms with Gasteiger partial charge in [-0.25, -0.2) is 4.98 Å². The van der Waals surface area contributed by atoms with Crippen LogP contribution in [-0.2, 0) is 13.1 Å². The molecule has 0 aliphatic carbocycles. The number of aliphatic imine (C=N–C) groups is 1. The van der Waals surface area contributed by atoms with Gasteiger partial charge in [0.25, 0.3) is 0 Å². The summed E-state index contributed by atoms with van der Waals surface area (Å²) in [6, 6.07) is 8.24. The van der Waals surface area contributed by atoms with Gasteiger partial charge in [-0.15, -0.1) is 35.3 Å². The first kappa shape index (κ1) is 20.4. The Morgan fingerprint density at radius 2 is 2.04 bits per heavy atom. The average molecular weight is 509 g/mol. The molecule has 0 spiro atoms. The Kier molecular flexibility index (Phi) is 8.49. The molecule has 0 fully saturated rings. The monoisotopic (exact) mass is 508 g/mol. The van der Waals surface area contributed by atoms with Crippen molar-refractivity contribution < 1.29 is 0 Å². The summed E-state index contributed by atoms with van der Waals surface area (Å²) in [7, 11) is 3.84. The first-order chi connectivity index (χ1) is 10.5. The summed E-state index contributed by atoms with van der Waals surface area (Å²) < 4.78 is 1.11.